The topological polar surface area (TPSA) is 23.5 Å². The smallest absolute Gasteiger partial charge is 0.373 e. The van der Waals surface area contributed by atoms with E-state index in [1.165, 1.54) is 0 Å². The molecule has 0 spiro atoms. The van der Waals surface area contributed by atoms with Gasteiger partial charge in [-0.2, -0.15) is 4.57 Å². The third kappa shape index (κ3) is 5.55. The van der Waals surface area contributed by atoms with Crippen molar-refractivity contribution in [3.63, 3.8) is 0 Å². The molecular weight excluding hydrogens is 620 g/mol. The average molecular weight is 644 g/mol. The molecule has 0 saturated carbocycles. The minimum Gasteiger partial charge on any atom is -1.00 e. The number of halogens is 5. The summed E-state index contributed by atoms with van der Waals surface area (Å²) in [7, 11) is 1.99. The number of allylic oxidation sites excluding steroid dienone is 2. The molecule has 0 radical (unpaired) electrons. The van der Waals surface area contributed by atoms with Gasteiger partial charge in [0.05, 0.1) is 27.5 Å². The maximum absolute atomic E-state index is 6.56. The molecule has 9 heteroatoms. The zero-order chi connectivity index (χ0) is 27.8. The van der Waals surface area contributed by atoms with Crippen molar-refractivity contribution in [1.82, 2.24) is 0 Å². The molecule has 4 nitrogen and oxygen atoms in total. The van der Waals surface area contributed by atoms with Crippen molar-refractivity contribution in [2.24, 2.45) is 7.05 Å². The molecule has 6 rings (SSSR count). The van der Waals surface area contributed by atoms with Crippen molar-refractivity contribution in [2.75, 3.05) is 9.80 Å². The maximum Gasteiger partial charge on any atom is 0.373 e. The van der Waals surface area contributed by atoms with Gasteiger partial charge in [-0.1, -0.05) is 59.6 Å². The molecule has 0 bridgehead atoms. The lowest BCUT2D eigenvalue weighted by molar-refractivity contribution is -0.652. The van der Waals surface area contributed by atoms with Crippen LogP contribution in [-0.4, -0.2) is 0 Å². The van der Waals surface area contributed by atoms with Gasteiger partial charge in [0.1, 0.15) is 12.9 Å². The van der Waals surface area contributed by atoms with Crippen LogP contribution in [0.25, 0.3) is 17.2 Å². The van der Waals surface area contributed by atoms with Crippen LogP contribution in [0.1, 0.15) is 17.0 Å². The van der Waals surface area contributed by atoms with E-state index in [0.717, 1.165) is 56.7 Å². The second kappa shape index (κ2) is 12.4. The number of aryl methyl sites for hydroxylation is 1. The van der Waals surface area contributed by atoms with Gasteiger partial charge in [0.2, 0.25) is 5.58 Å². The predicted octanol–water partition coefficient (Wildman–Crippen LogP) is 6.89. The number of fused-ring (bicyclic) bond motifs is 2. The maximum atomic E-state index is 6.56. The highest BCUT2D eigenvalue weighted by atomic mass is 35.5. The van der Waals surface area contributed by atoms with Gasteiger partial charge in [0.25, 0.3) is 5.52 Å². The summed E-state index contributed by atoms with van der Waals surface area (Å²) < 4.78 is 8.12. The molecule has 2 heterocycles. The van der Waals surface area contributed by atoms with Crippen LogP contribution in [0.2, 0.25) is 10.0 Å². The lowest BCUT2D eigenvalue weighted by Crippen LogP contribution is -3.00. The molecule has 1 aliphatic heterocycles. The molecule has 0 aliphatic carbocycles. The van der Waals surface area contributed by atoms with Crippen molar-refractivity contribution in [2.45, 2.75) is 11.8 Å². The minimum absolute atomic E-state index is 0. The Balaban J connectivity index is 0.00000337. The van der Waals surface area contributed by atoms with Crippen LogP contribution in [0.5, 0.6) is 0 Å². The summed E-state index contributed by atoms with van der Waals surface area (Å²) in [6.45, 7) is 0. The molecule has 1 aliphatic rings. The van der Waals surface area contributed by atoms with E-state index in [4.69, 9.17) is 50.8 Å². The van der Waals surface area contributed by atoms with E-state index in [1.54, 1.807) is 0 Å². The van der Waals surface area contributed by atoms with Crippen LogP contribution in [0.15, 0.2) is 107 Å². The Morgan fingerprint density at radius 2 is 1.27 bits per heavy atom. The fraction of sp³-hybridized carbons (Fsp3) is 0.0938. The second-order valence-corrected chi connectivity index (χ2v) is 10.7. The summed E-state index contributed by atoms with van der Waals surface area (Å²) in [5, 5.41) is 0.956. The van der Waals surface area contributed by atoms with Crippen LogP contribution in [0.3, 0.4) is 0 Å². The molecule has 0 amide bonds. The summed E-state index contributed by atoms with van der Waals surface area (Å²) in [4.78, 5) is 4.32. The number of hydrogen-bond acceptors (Lipinski definition) is 3. The Bertz CT molecular complexity index is 1680. The first-order valence-corrected chi connectivity index (χ1v) is 14.5. The molecule has 0 fully saturated rings. The van der Waals surface area contributed by atoms with E-state index < -0.39 is 0 Å². The van der Waals surface area contributed by atoms with Crippen molar-refractivity contribution in [3.05, 3.63) is 130 Å². The molecule has 1 aromatic heterocycles. The highest BCUT2D eigenvalue weighted by molar-refractivity contribution is 6.42. The summed E-state index contributed by atoms with van der Waals surface area (Å²) >= 11 is 25.3. The van der Waals surface area contributed by atoms with Gasteiger partial charge in [-0.15, -0.1) is 23.2 Å². The number of anilines is 4. The fourth-order valence-corrected chi connectivity index (χ4v) is 5.55. The minimum atomic E-state index is 0. The first-order valence-electron chi connectivity index (χ1n) is 12.6. The van der Waals surface area contributed by atoms with E-state index in [9.17, 15) is 0 Å². The van der Waals surface area contributed by atoms with Crippen LogP contribution in [0.4, 0.5) is 22.7 Å². The van der Waals surface area contributed by atoms with Gasteiger partial charge >= 0.3 is 5.89 Å². The molecule has 41 heavy (non-hydrogen) atoms. The third-order valence-corrected chi connectivity index (χ3v) is 8.25. The van der Waals surface area contributed by atoms with Gasteiger partial charge in [0, 0.05) is 29.2 Å². The Labute approximate surface area is 265 Å². The fourth-order valence-electron chi connectivity index (χ4n) is 4.87. The zero-order valence-electron chi connectivity index (χ0n) is 21.9. The van der Waals surface area contributed by atoms with E-state index in [-0.39, 0.29) is 12.4 Å². The van der Waals surface area contributed by atoms with Crippen molar-refractivity contribution in [1.29, 1.82) is 0 Å². The number of para-hydroxylation sites is 2. The summed E-state index contributed by atoms with van der Waals surface area (Å²) in [6.07, 6.45) is 6.00. The first-order chi connectivity index (χ1) is 19.5. The van der Waals surface area contributed by atoms with Gasteiger partial charge < -0.3 is 16.8 Å². The van der Waals surface area contributed by atoms with E-state index in [2.05, 4.69) is 40.1 Å². The van der Waals surface area contributed by atoms with Crippen LogP contribution in [0, 0.1) is 0 Å². The van der Waals surface area contributed by atoms with Gasteiger partial charge in [0.15, 0.2) is 0 Å². The molecular formula is C32H24Cl5N3O. The molecule has 0 unspecified atom stereocenters. The van der Waals surface area contributed by atoms with Crippen molar-refractivity contribution >= 4 is 86.3 Å². The van der Waals surface area contributed by atoms with Gasteiger partial charge in [-0.05, 0) is 65.7 Å². The van der Waals surface area contributed by atoms with Crippen LogP contribution in [-0.2, 0) is 18.8 Å². The molecule has 4 aromatic carbocycles. The number of hydrogen-bond donors (Lipinski definition) is 0. The Morgan fingerprint density at radius 1 is 0.756 bits per heavy atom. The summed E-state index contributed by atoms with van der Waals surface area (Å²) in [5.41, 5.74) is 7.66. The molecule has 5 aromatic rings. The first kappa shape index (κ1) is 29.4. The Kier molecular flexibility index (Phi) is 8.88. The zero-order valence-corrected chi connectivity index (χ0v) is 25.6. The van der Waals surface area contributed by atoms with E-state index >= 15 is 0 Å². The summed E-state index contributed by atoms with van der Waals surface area (Å²) in [6, 6.07) is 28.1. The third-order valence-electron chi connectivity index (χ3n) is 6.91. The second-order valence-electron chi connectivity index (χ2n) is 9.38. The standard InChI is InChI=1S/C32H24Cl4N3O.ClH/c1-37-27-5-2-3-6-30(27)40-32(37)8-4-7-31-38(23-13-9-21(19-33)10-14-23)28-17-25(35)26(36)18-29(28)39(31)24-15-11-22(20-34)12-16-24;/h2-18H,19-20H2,1H3;1H/q+1;/p-1. The number of benzene rings is 4. The number of nitrogens with zero attached hydrogens (tertiary/aromatic N) is 3. The molecule has 0 saturated heterocycles. The molecule has 208 valence electrons. The average Bonchev–Trinajstić information content (AvgIpc) is 3.47. The molecule has 0 atom stereocenters. The Morgan fingerprint density at radius 3 is 1.76 bits per heavy atom. The lowest BCUT2D eigenvalue weighted by Gasteiger charge is -2.26. The number of rotatable bonds is 6. The molecule has 0 N–H and O–H groups in total. The van der Waals surface area contributed by atoms with E-state index in [1.807, 2.05) is 84.4 Å². The Hall–Kier alpha value is -3.12. The van der Waals surface area contributed by atoms with Crippen LogP contribution < -0.4 is 26.8 Å². The monoisotopic (exact) mass is 641 g/mol. The number of aromatic nitrogens is 1. The number of alkyl halides is 2. The predicted molar refractivity (Wildman–Crippen MR) is 167 cm³/mol. The van der Waals surface area contributed by atoms with Gasteiger partial charge in [-0.3, -0.25) is 9.80 Å². The largest absolute Gasteiger partial charge is 1.00 e. The van der Waals surface area contributed by atoms with Crippen molar-refractivity contribution in [3.8, 4) is 0 Å². The quantitative estimate of drug-likeness (QED) is 0.149. The van der Waals surface area contributed by atoms with E-state index in [0.29, 0.717) is 21.8 Å². The van der Waals surface area contributed by atoms with Crippen molar-refractivity contribution < 1.29 is 21.4 Å². The van der Waals surface area contributed by atoms with Crippen LogP contribution >= 0.6 is 46.4 Å². The van der Waals surface area contributed by atoms with Gasteiger partial charge in [-0.25, -0.2) is 0 Å². The lowest BCUT2D eigenvalue weighted by atomic mass is 10.2. The SMILES string of the molecule is C[n+]1c(/C=C\C=C2N(c3ccc(CCl)cc3)c3cc(Cl)c(Cl)cc3N2c2ccc(CCl)cc2)oc2ccccc21.[Cl-]. The normalized spacial score (nSPS) is 12.8. The highest BCUT2D eigenvalue weighted by Crippen LogP contribution is 2.52. The number of oxazole rings is 1. The highest BCUT2D eigenvalue weighted by Gasteiger charge is 2.34. The summed E-state index contributed by atoms with van der Waals surface area (Å²) in [5.74, 6) is 2.51.